The SMILES string of the molecule is CC1=CCCN(Cc2csc(C(C)N)n2)C1. The molecular formula is C12H19N3S. The number of nitrogens with two attached hydrogens (primary N) is 1. The van der Waals surface area contributed by atoms with E-state index in [4.69, 9.17) is 5.73 Å². The van der Waals surface area contributed by atoms with Crippen molar-refractivity contribution in [1.82, 2.24) is 9.88 Å². The normalized spacial score (nSPS) is 19.6. The zero-order chi connectivity index (χ0) is 11.5. The molecule has 0 spiro atoms. The van der Waals surface area contributed by atoms with Gasteiger partial charge in [0.25, 0.3) is 0 Å². The van der Waals surface area contributed by atoms with Gasteiger partial charge in [0, 0.05) is 25.0 Å². The van der Waals surface area contributed by atoms with E-state index in [0.29, 0.717) is 0 Å². The van der Waals surface area contributed by atoms with Gasteiger partial charge in [0.15, 0.2) is 0 Å². The van der Waals surface area contributed by atoms with Gasteiger partial charge in [-0.05, 0) is 20.3 Å². The minimum absolute atomic E-state index is 0.0572. The number of hydrogen-bond acceptors (Lipinski definition) is 4. The Labute approximate surface area is 101 Å². The molecule has 0 amide bonds. The van der Waals surface area contributed by atoms with Crippen molar-refractivity contribution in [1.29, 1.82) is 0 Å². The Bertz CT molecular complexity index is 381. The molecule has 1 atom stereocenters. The third-order valence-electron chi connectivity index (χ3n) is 2.76. The lowest BCUT2D eigenvalue weighted by Crippen LogP contribution is -2.28. The highest BCUT2D eigenvalue weighted by molar-refractivity contribution is 7.09. The smallest absolute Gasteiger partial charge is 0.109 e. The van der Waals surface area contributed by atoms with Gasteiger partial charge in [-0.15, -0.1) is 11.3 Å². The van der Waals surface area contributed by atoms with Gasteiger partial charge >= 0.3 is 0 Å². The molecule has 2 heterocycles. The molecular weight excluding hydrogens is 218 g/mol. The first-order chi connectivity index (χ1) is 7.65. The summed E-state index contributed by atoms with van der Waals surface area (Å²) in [6.07, 6.45) is 3.49. The number of hydrogen-bond donors (Lipinski definition) is 1. The summed E-state index contributed by atoms with van der Waals surface area (Å²) in [5.41, 5.74) is 8.43. The van der Waals surface area contributed by atoms with Crippen molar-refractivity contribution in [3.8, 4) is 0 Å². The Kier molecular flexibility index (Phi) is 3.74. The monoisotopic (exact) mass is 237 g/mol. The van der Waals surface area contributed by atoms with Crippen molar-refractivity contribution in [3.63, 3.8) is 0 Å². The number of thiazole rings is 1. The molecule has 0 saturated heterocycles. The van der Waals surface area contributed by atoms with Crippen molar-refractivity contribution in [2.75, 3.05) is 13.1 Å². The van der Waals surface area contributed by atoms with E-state index in [1.165, 1.54) is 5.57 Å². The lowest BCUT2D eigenvalue weighted by molar-refractivity contribution is 0.279. The summed E-state index contributed by atoms with van der Waals surface area (Å²) in [5, 5.41) is 3.17. The van der Waals surface area contributed by atoms with Gasteiger partial charge in [0.1, 0.15) is 5.01 Å². The van der Waals surface area contributed by atoms with Crippen LogP contribution in [0.5, 0.6) is 0 Å². The molecule has 1 aliphatic heterocycles. The zero-order valence-corrected chi connectivity index (χ0v) is 10.8. The highest BCUT2D eigenvalue weighted by Gasteiger charge is 2.13. The third-order valence-corrected chi connectivity index (χ3v) is 3.85. The number of aromatic nitrogens is 1. The average Bonchev–Trinajstić information content (AvgIpc) is 2.66. The van der Waals surface area contributed by atoms with Crippen LogP contribution in [0.3, 0.4) is 0 Å². The molecule has 1 unspecified atom stereocenters. The molecule has 3 nitrogen and oxygen atoms in total. The van der Waals surface area contributed by atoms with Crippen LogP contribution in [0.15, 0.2) is 17.0 Å². The molecule has 2 rings (SSSR count). The van der Waals surface area contributed by atoms with E-state index in [1.807, 2.05) is 6.92 Å². The van der Waals surface area contributed by atoms with Crippen molar-refractivity contribution < 1.29 is 0 Å². The number of nitrogens with zero attached hydrogens (tertiary/aromatic N) is 2. The van der Waals surface area contributed by atoms with Crippen LogP contribution < -0.4 is 5.73 Å². The van der Waals surface area contributed by atoms with Crippen LogP contribution >= 0.6 is 11.3 Å². The summed E-state index contributed by atoms with van der Waals surface area (Å²) >= 11 is 1.67. The number of rotatable bonds is 3. The van der Waals surface area contributed by atoms with Gasteiger partial charge in [-0.3, -0.25) is 4.90 Å². The maximum Gasteiger partial charge on any atom is 0.109 e. The molecule has 0 radical (unpaired) electrons. The van der Waals surface area contributed by atoms with Crippen LogP contribution in [0.25, 0.3) is 0 Å². The minimum atomic E-state index is 0.0572. The summed E-state index contributed by atoms with van der Waals surface area (Å²) in [7, 11) is 0. The van der Waals surface area contributed by atoms with E-state index in [2.05, 4.69) is 28.3 Å². The van der Waals surface area contributed by atoms with Gasteiger partial charge in [-0.25, -0.2) is 4.98 Å². The average molecular weight is 237 g/mol. The quantitative estimate of drug-likeness (QED) is 0.820. The van der Waals surface area contributed by atoms with Gasteiger partial charge in [0.05, 0.1) is 11.7 Å². The van der Waals surface area contributed by atoms with E-state index in [0.717, 1.165) is 36.8 Å². The van der Waals surface area contributed by atoms with Gasteiger partial charge in [-0.1, -0.05) is 11.6 Å². The Morgan fingerprint density at radius 1 is 1.62 bits per heavy atom. The highest BCUT2D eigenvalue weighted by Crippen LogP contribution is 2.18. The van der Waals surface area contributed by atoms with E-state index < -0.39 is 0 Å². The maximum absolute atomic E-state index is 5.81. The second kappa shape index (κ2) is 5.08. The Morgan fingerprint density at radius 3 is 3.06 bits per heavy atom. The summed E-state index contributed by atoms with van der Waals surface area (Å²) < 4.78 is 0. The summed E-state index contributed by atoms with van der Waals surface area (Å²) in [6, 6.07) is 0.0572. The fraction of sp³-hybridized carbons (Fsp3) is 0.583. The lowest BCUT2D eigenvalue weighted by atomic mass is 10.1. The standard InChI is InChI=1S/C12H19N3S/c1-9-4-3-5-15(6-9)7-11-8-16-12(14-11)10(2)13/h4,8,10H,3,5-7,13H2,1-2H3. The van der Waals surface area contributed by atoms with Gasteiger partial charge in [-0.2, -0.15) is 0 Å². The van der Waals surface area contributed by atoms with E-state index in [-0.39, 0.29) is 6.04 Å². The van der Waals surface area contributed by atoms with E-state index >= 15 is 0 Å². The fourth-order valence-corrected chi connectivity index (χ4v) is 2.73. The van der Waals surface area contributed by atoms with Gasteiger partial charge in [0.2, 0.25) is 0 Å². The van der Waals surface area contributed by atoms with Crippen LogP contribution in [-0.2, 0) is 6.54 Å². The molecule has 16 heavy (non-hydrogen) atoms. The molecule has 1 aromatic rings. The van der Waals surface area contributed by atoms with Crippen LogP contribution in [0.1, 0.15) is 37.0 Å². The Balaban J connectivity index is 1.96. The van der Waals surface area contributed by atoms with Crippen molar-refractivity contribution in [2.24, 2.45) is 5.73 Å². The molecule has 0 aliphatic carbocycles. The molecule has 0 bridgehead atoms. The molecule has 1 aromatic heterocycles. The van der Waals surface area contributed by atoms with Crippen molar-refractivity contribution in [3.05, 3.63) is 27.7 Å². The Morgan fingerprint density at radius 2 is 2.44 bits per heavy atom. The lowest BCUT2D eigenvalue weighted by Gasteiger charge is -2.24. The van der Waals surface area contributed by atoms with Crippen molar-refractivity contribution >= 4 is 11.3 Å². The molecule has 0 aromatic carbocycles. The maximum atomic E-state index is 5.81. The predicted molar refractivity (Wildman–Crippen MR) is 68.4 cm³/mol. The first-order valence-corrected chi connectivity index (χ1v) is 6.61. The summed E-state index contributed by atoms with van der Waals surface area (Å²) in [6.45, 7) is 7.35. The highest BCUT2D eigenvalue weighted by atomic mass is 32.1. The molecule has 88 valence electrons. The molecule has 0 fully saturated rings. The van der Waals surface area contributed by atoms with Crippen LogP contribution in [0.2, 0.25) is 0 Å². The summed E-state index contributed by atoms with van der Waals surface area (Å²) in [4.78, 5) is 7.00. The first-order valence-electron chi connectivity index (χ1n) is 5.73. The molecule has 2 N–H and O–H groups in total. The van der Waals surface area contributed by atoms with Crippen LogP contribution in [0.4, 0.5) is 0 Å². The predicted octanol–water partition coefficient (Wildman–Crippen LogP) is 2.31. The first kappa shape index (κ1) is 11.8. The van der Waals surface area contributed by atoms with Crippen LogP contribution in [-0.4, -0.2) is 23.0 Å². The topological polar surface area (TPSA) is 42.1 Å². The third kappa shape index (κ3) is 2.90. The van der Waals surface area contributed by atoms with E-state index in [9.17, 15) is 0 Å². The second-order valence-corrected chi connectivity index (χ2v) is 5.41. The zero-order valence-electron chi connectivity index (χ0n) is 9.94. The van der Waals surface area contributed by atoms with Crippen molar-refractivity contribution in [2.45, 2.75) is 32.9 Å². The van der Waals surface area contributed by atoms with E-state index in [1.54, 1.807) is 11.3 Å². The largest absolute Gasteiger partial charge is 0.322 e. The Hall–Kier alpha value is -0.710. The summed E-state index contributed by atoms with van der Waals surface area (Å²) in [5.74, 6) is 0. The molecule has 1 aliphatic rings. The molecule has 4 heteroatoms. The van der Waals surface area contributed by atoms with Crippen LogP contribution in [0, 0.1) is 0 Å². The minimum Gasteiger partial charge on any atom is -0.322 e. The fourth-order valence-electron chi connectivity index (χ4n) is 1.96. The van der Waals surface area contributed by atoms with Gasteiger partial charge < -0.3 is 5.73 Å². The molecule has 0 saturated carbocycles. The second-order valence-electron chi connectivity index (χ2n) is 4.52.